The van der Waals surface area contributed by atoms with E-state index >= 15 is 0 Å². The van der Waals surface area contributed by atoms with Gasteiger partial charge in [-0.1, -0.05) is 146 Å². The Balaban J connectivity index is 1.08. The highest BCUT2D eigenvalue weighted by molar-refractivity contribution is 6.15. The summed E-state index contributed by atoms with van der Waals surface area (Å²) in [5.74, 6) is 1.87. The van der Waals surface area contributed by atoms with Gasteiger partial charge in [0.1, 0.15) is 11.2 Å². The molecule has 0 fully saturated rings. The number of furan rings is 1. The first kappa shape index (κ1) is 31.9. The van der Waals surface area contributed by atoms with Crippen LogP contribution >= 0.6 is 0 Å². The second-order valence-electron chi connectivity index (χ2n) is 14.0. The average molecular weight is 717 g/mol. The van der Waals surface area contributed by atoms with Gasteiger partial charge >= 0.3 is 0 Å². The normalized spacial score (nSPS) is 11.6. The Morgan fingerprint density at radius 1 is 0.339 bits per heavy atom. The highest BCUT2D eigenvalue weighted by Gasteiger charge is 2.20. The summed E-state index contributed by atoms with van der Waals surface area (Å²) in [5.41, 5.74) is 12.3. The number of hydrogen-bond donors (Lipinski definition) is 0. The summed E-state index contributed by atoms with van der Waals surface area (Å²) in [6, 6.07) is 67.4. The molecule has 0 atom stereocenters. The molecule has 5 heteroatoms. The molecule has 0 aliphatic heterocycles. The molecule has 0 amide bonds. The van der Waals surface area contributed by atoms with Gasteiger partial charge in [-0.2, -0.15) is 0 Å². The van der Waals surface area contributed by atoms with E-state index in [1.54, 1.807) is 0 Å². The molecule has 0 aliphatic rings. The van der Waals surface area contributed by atoms with Crippen LogP contribution in [0.25, 0.3) is 106 Å². The summed E-state index contributed by atoms with van der Waals surface area (Å²) in [4.78, 5) is 15.1. The van der Waals surface area contributed by atoms with Crippen molar-refractivity contribution in [2.24, 2.45) is 0 Å². The maximum atomic E-state index is 6.54. The van der Waals surface area contributed by atoms with Crippen LogP contribution in [0.5, 0.6) is 0 Å². The molecule has 0 N–H and O–H groups in total. The Kier molecular flexibility index (Phi) is 7.42. The summed E-state index contributed by atoms with van der Waals surface area (Å²) in [6.07, 6.45) is 0. The van der Waals surface area contributed by atoms with Gasteiger partial charge in [0.25, 0.3) is 0 Å². The summed E-state index contributed by atoms with van der Waals surface area (Å²) in [5, 5.41) is 4.56. The van der Waals surface area contributed by atoms with E-state index in [1.165, 1.54) is 21.8 Å². The SMILES string of the molecule is c1ccc(-c2nc(-c3ccccc3)nc(-c3ccccc3-c3cccc4oc5ccc(-c6ccc7c(c6)c6ccccc6n7-c6ccccc6)cc5c34)n2)cc1. The second-order valence-corrected chi connectivity index (χ2v) is 14.0. The number of nitrogens with zero attached hydrogens (tertiary/aromatic N) is 4. The van der Waals surface area contributed by atoms with Gasteiger partial charge in [-0.3, -0.25) is 0 Å². The first-order chi connectivity index (χ1) is 27.8. The summed E-state index contributed by atoms with van der Waals surface area (Å²) >= 11 is 0. The summed E-state index contributed by atoms with van der Waals surface area (Å²) < 4.78 is 8.89. The maximum Gasteiger partial charge on any atom is 0.164 e. The monoisotopic (exact) mass is 716 g/mol. The lowest BCUT2D eigenvalue weighted by Crippen LogP contribution is -2.01. The minimum Gasteiger partial charge on any atom is -0.456 e. The average Bonchev–Trinajstić information content (AvgIpc) is 3.82. The number of benzene rings is 8. The number of hydrogen-bond acceptors (Lipinski definition) is 4. The van der Waals surface area contributed by atoms with E-state index in [2.05, 4.69) is 132 Å². The Labute approximate surface area is 322 Å². The van der Waals surface area contributed by atoms with Crippen molar-refractivity contribution in [3.63, 3.8) is 0 Å². The van der Waals surface area contributed by atoms with Crippen molar-refractivity contribution in [3.8, 4) is 62.1 Å². The Hall–Kier alpha value is -7.63. The minimum absolute atomic E-state index is 0.613. The fraction of sp³-hybridized carbons (Fsp3) is 0. The van der Waals surface area contributed by atoms with Crippen molar-refractivity contribution >= 4 is 43.7 Å². The highest BCUT2D eigenvalue weighted by atomic mass is 16.3. The van der Waals surface area contributed by atoms with E-state index in [0.29, 0.717) is 17.5 Å². The summed E-state index contributed by atoms with van der Waals surface area (Å²) in [7, 11) is 0. The van der Waals surface area contributed by atoms with Crippen LogP contribution < -0.4 is 0 Å². The van der Waals surface area contributed by atoms with Crippen molar-refractivity contribution < 1.29 is 4.42 Å². The van der Waals surface area contributed by atoms with Gasteiger partial charge in [-0.05, 0) is 70.8 Å². The molecule has 0 saturated carbocycles. The smallest absolute Gasteiger partial charge is 0.164 e. The number of rotatable bonds is 6. The van der Waals surface area contributed by atoms with Crippen molar-refractivity contribution in [3.05, 3.63) is 194 Å². The first-order valence-corrected chi connectivity index (χ1v) is 18.8. The standard InChI is InChI=1S/C51H32N4O/c1-4-15-33(16-5-1)49-52-50(34-17-6-2-7-18-34)54-51(53-49)41-23-11-10-21-38(41)40-24-14-26-47-48(40)43-32-36(28-30-46(43)56-47)35-27-29-45-42(31-35)39-22-12-13-25-44(39)55(45)37-19-8-3-9-20-37/h1-32H. The Bertz CT molecular complexity index is 3180. The molecule has 0 unspecified atom stereocenters. The molecule has 3 heterocycles. The largest absolute Gasteiger partial charge is 0.456 e. The molecule has 11 rings (SSSR count). The Morgan fingerprint density at radius 3 is 1.62 bits per heavy atom. The zero-order valence-electron chi connectivity index (χ0n) is 30.2. The Morgan fingerprint density at radius 2 is 0.893 bits per heavy atom. The number of para-hydroxylation sites is 2. The van der Waals surface area contributed by atoms with Gasteiger partial charge in [0.2, 0.25) is 0 Å². The van der Waals surface area contributed by atoms with Crippen molar-refractivity contribution in [2.45, 2.75) is 0 Å². The zero-order valence-corrected chi connectivity index (χ0v) is 30.2. The molecule has 0 radical (unpaired) electrons. The zero-order chi connectivity index (χ0) is 37.0. The second kappa shape index (κ2) is 13.0. The van der Waals surface area contributed by atoms with E-state index in [9.17, 15) is 0 Å². The van der Waals surface area contributed by atoms with Crippen LogP contribution in [0.3, 0.4) is 0 Å². The topological polar surface area (TPSA) is 56.7 Å². The molecule has 5 nitrogen and oxygen atoms in total. The van der Waals surface area contributed by atoms with Crippen LogP contribution in [0, 0.1) is 0 Å². The van der Waals surface area contributed by atoms with Gasteiger partial charge in [0.15, 0.2) is 17.5 Å². The van der Waals surface area contributed by atoms with Crippen LogP contribution in [-0.2, 0) is 0 Å². The van der Waals surface area contributed by atoms with Gasteiger partial charge in [0, 0.05) is 43.9 Å². The van der Waals surface area contributed by atoms with Gasteiger partial charge in [-0.25, -0.2) is 15.0 Å². The van der Waals surface area contributed by atoms with Crippen molar-refractivity contribution in [2.75, 3.05) is 0 Å². The van der Waals surface area contributed by atoms with Crippen molar-refractivity contribution in [1.29, 1.82) is 0 Å². The first-order valence-electron chi connectivity index (χ1n) is 18.8. The molecule has 0 bridgehead atoms. The molecular formula is C51H32N4O. The minimum atomic E-state index is 0.613. The molecule has 3 aromatic heterocycles. The fourth-order valence-corrected chi connectivity index (χ4v) is 8.08. The molecule has 8 aromatic carbocycles. The van der Waals surface area contributed by atoms with Crippen LogP contribution in [0.15, 0.2) is 199 Å². The van der Waals surface area contributed by atoms with Crippen LogP contribution in [0.4, 0.5) is 0 Å². The number of fused-ring (bicyclic) bond motifs is 6. The molecule has 262 valence electrons. The third-order valence-corrected chi connectivity index (χ3v) is 10.7. The van der Waals surface area contributed by atoms with E-state index < -0.39 is 0 Å². The van der Waals surface area contributed by atoms with Gasteiger partial charge < -0.3 is 8.98 Å². The summed E-state index contributed by atoms with van der Waals surface area (Å²) in [6.45, 7) is 0. The predicted octanol–water partition coefficient (Wildman–Crippen LogP) is 13.2. The van der Waals surface area contributed by atoms with E-state index in [0.717, 1.165) is 66.6 Å². The highest BCUT2D eigenvalue weighted by Crippen LogP contribution is 2.42. The number of aromatic nitrogens is 4. The lowest BCUT2D eigenvalue weighted by atomic mass is 9.94. The quantitative estimate of drug-likeness (QED) is 0.172. The van der Waals surface area contributed by atoms with Gasteiger partial charge in [-0.15, -0.1) is 0 Å². The molecule has 0 aliphatic carbocycles. The van der Waals surface area contributed by atoms with Crippen LogP contribution in [-0.4, -0.2) is 19.5 Å². The van der Waals surface area contributed by atoms with Crippen LogP contribution in [0.1, 0.15) is 0 Å². The maximum absolute atomic E-state index is 6.54. The van der Waals surface area contributed by atoms with E-state index in [1.807, 2.05) is 66.7 Å². The van der Waals surface area contributed by atoms with E-state index in [4.69, 9.17) is 19.4 Å². The molecule has 0 saturated heterocycles. The van der Waals surface area contributed by atoms with Crippen LogP contribution in [0.2, 0.25) is 0 Å². The fourth-order valence-electron chi connectivity index (χ4n) is 8.08. The molecule has 11 aromatic rings. The predicted molar refractivity (Wildman–Crippen MR) is 229 cm³/mol. The third-order valence-electron chi connectivity index (χ3n) is 10.7. The van der Waals surface area contributed by atoms with Gasteiger partial charge in [0.05, 0.1) is 11.0 Å². The third kappa shape index (κ3) is 5.29. The molecule has 0 spiro atoms. The molecular weight excluding hydrogens is 685 g/mol. The lowest BCUT2D eigenvalue weighted by Gasteiger charge is -2.13. The molecule has 56 heavy (non-hydrogen) atoms. The van der Waals surface area contributed by atoms with E-state index in [-0.39, 0.29) is 0 Å². The van der Waals surface area contributed by atoms with Crippen molar-refractivity contribution in [1.82, 2.24) is 19.5 Å². The lowest BCUT2D eigenvalue weighted by molar-refractivity contribution is 0.669.